The minimum atomic E-state index is -0.454. The first-order valence-corrected chi connectivity index (χ1v) is 14.0. The maximum absolute atomic E-state index is 11.1. The van der Waals surface area contributed by atoms with Crippen LogP contribution >= 0.6 is 0 Å². The highest BCUT2D eigenvalue weighted by Gasteiger charge is 2.21. The van der Waals surface area contributed by atoms with Gasteiger partial charge in [0.1, 0.15) is 22.7 Å². The van der Waals surface area contributed by atoms with E-state index in [1.54, 1.807) is 24.3 Å². The van der Waals surface area contributed by atoms with Crippen LogP contribution in [0.25, 0.3) is 44.8 Å². The van der Waals surface area contributed by atoms with Crippen molar-refractivity contribution in [2.75, 3.05) is 0 Å². The van der Waals surface area contributed by atoms with E-state index >= 15 is 0 Å². The summed E-state index contributed by atoms with van der Waals surface area (Å²) in [6.45, 7) is 0. The van der Waals surface area contributed by atoms with E-state index in [0.717, 1.165) is 11.1 Å². The Morgan fingerprint density at radius 2 is 0.891 bits per heavy atom. The molecule has 0 saturated carbocycles. The number of nitro benzene ring substituents is 2. The molecule has 2 aromatic heterocycles. The molecule has 0 bridgehead atoms. The molecule has 7 aromatic rings. The van der Waals surface area contributed by atoms with E-state index < -0.39 is 9.85 Å². The molecule has 0 saturated heterocycles. The van der Waals surface area contributed by atoms with Gasteiger partial charge in [0, 0.05) is 46.5 Å². The van der Waals surface area contributed by atoms with Gasteiger partial charge in [-0.1, -0.05) is 84.3 Å². The number of fused-ring (bicyclic) bond motifs is 2. The fraction of sp³-hybridized carbons (Fsp3) is 0. The second-order valence-electron chi connectivity index (χ2n) is 10.2. The van der Waals surface area contributed by atoms with Crippen LogP contribution < -0.4 is 0 Å². The van der Waals surface area contributed by atoms with Crippen LogP contribution in [-0.4, -0.2) is 29.8 Å². The molecule has 0 unspecified atom stereocenters. The molecule has 0 spiro atoms. The summed E-state index contributed by atoms with van der Waals surface area (Å²) in [4.78, 5) is 38.2. The lowest BCUT2D eigenvalue weighted by atomic mass is 10.0. The van der Waals surface area contributed by atoms with Crippen molar-refractivity contribution in [2.24, 2.45) is 0 Å². The highest BCUT2D eigenvalue weighted by Crippen LogP contribution is 2.34. The summed E-state index contributed by atoms with van der Waals surface area (Å²) < 4.78 is 0. The lowest BCUT2D eigenvalue weighted by Crippen LogP contribution is -1.90. The summed E-state index contributed by atoms with van der Waals surface area (Å²) in [5.74, 6) is 14.0. The van der Waals surface area contributed by atoms with Gasteiger partial charge in [0.2, 0.25) is 0 Å². The van der Waals surface area contributed by atoms with E-state index in [-0.39, 0.29) is 11.4 Å². The van der Waals surface area contributed by atoms with Gasteiger partial charge < -0.3 is 9.97 Å². The second kappa shape index (κ2) is 11.6. The summed E-state index contributed by atoms with van der Waals surface area (Å²) in [6.07, 6.45) is 0. The molecule has 0 aliphatic carbocycles. The minimum Gasteiger partial charge on any atom is -0.337 e. The maximum atomic E-state index is 11.1. The molecule has 2 N–H and O–H groups in total. The maximum Gasteiger partial charge on any atom is 0.269 e. The van der Waals surface area contributed by atoms with Crippen molar-refractivity contribution in [3.05, 3.63) is 152 Å². The van der Waals surface area contributed by atoms with Gasteiger partial charge in [-0.05, 0) is 24.3 Å². The normalized spacial score (nSPS) is 10.6. The SMILES string of the molecule is O=[N+]([O-])c1ccc(C#Cc2c3nc(-c4ccccc4)[nH]c3c(C#Cc3ccc([N+](=O)[O-])cc3)c3[nH]c(-c4ccccc4)nc23)cc1. The quantitative estimate of drug-likeness (QED) is 0.122. The molecular formula is C36H20N6O4. The molecule has 0 aliphatic heterocycles. The van der Waals surface area contributed by atoms with E-state index in [4.69, 9.17) is 9.97 Å². The van der Waals surface area contributed by atoms with Crippen LogP contribution in [0.1, 0.15) is 22.3 Å². The number of benzene rings is 5. The Morgan fingerprint density at radius 1 is 0.500 bits per heavy atom. The average molecular weight is 601 g/mol. The summed E-state index contributed by atoms with van der Waals surface area (Å²) >= 11 is 0. The Morgan fingerprint density at radius 3 is 1.28 bits per heavy atom. The Kier molecular flexibility index (Phi) is 6.98. The fourth-order valence-electron chi connectivity index (χ4n) is 5.02. The Bertz CT molecular complexity index is 2180. The van der Waals surface area contributed by atoms with Crippen molar-refractivity contribution in [1.29, 1.82) is 0 Å². The number of non-ortho nitro benzene ring substituents is 2. The number of aromatic amines is 2. The molecule has 7 rings (SSSR count). The molecule has 10 heteroatoms. The van der Waals surface area contributed by atoms with Crippen molar-refractivity contribution >= 4 is 33.4 Å². The Hall–Kier alpha value is -7.04. The third kappa shape index (κ3) is 5.30. The van der Waals surface area contributed by atoms with Gasteiger partial charge >= 0.3 is 0 Å². The van der Waals surface area contributed by atoms with Crippen LogP contribution in [0.5, 0.6) is 0 Å². The molecule has 10 nitrogen and oxygen atoms in total. The summed E-state index contributed by atoms with van der Waals surface area (Å²) in [5, 5.41) is 22.3. The van der Waals surface area contributed by atoms with E-state index in [1.165, 1.54) is 24.3 Å². The molecular weight excluding hydrogens is 580 g/mol. The largest absolute Gasteiger partial charge is 0.337 e. The van der Waals surface area contributed by atoms with Gasteiger partial charge in [0.05, 0.1) is 32.0 Å². The van der Waals surface area contributed by atoms with Crippen LogP contribution in [0.3, 0.4) is 0 Å². The summed E-state index contributed by atoms with van der Waals surface area (Å²) in [5.41, 5.74) is 6.42. The minimum absolute atomic E-state index is 0.0200. The van der Waals surface area contributed by atoms with Crippen LogP contribution in [-0.2, 0) is 0 Å². The van der Waals surface area contributed by atoms with E-state index in [0.29, 0.717) is 56.0 Å². The van der Waals surface area contributed by atoms with E-state index in [1.807, 2.05) is 60.7 Å². The van der Waals surface area contributed by atoms with Crippen molar-refractivity contribution in [1.82, 2.24) is 19.9 Å². The molecule has 0 atom stereocenters. The predicted octanol–water partition coefficient (Wildman–Crippen LogP) is 7.39. The number of imidazole rings is 2. The topological polar surface area (TPSA) is 144 Å². The smallest absolute Gasteiger partial charge is 0.269 e. The van der Waals surface area contributed by atoms with Crippen molar-refractivity contribution in [3.63, 3.8) is 0 Å². The Labute approximate surface area is 261 Å². The first-order chi connectivity index (χ1) is 22.4. The standard InChI is InChI=1S/C36H20N6O4/c43-41(44)27-17-11-23(12-18-27)15-21-29-31-32(38-35(37-31)25-7-3-1-4-8-25)30(22-16-24-13-19-28(20-14-24)42(45)46)34-33(29)39-36(40-34)26-9-5-2-6-10-26/h1-14,17-20H,(H,37,38)(H,39,40). The number of nitro groups is 2. The van der Waals surface area contributed by atoms with Crippen LogP contribution in [0.15, 0.2) is 109 Å². The molecule has 0 fully saturated rings. The van der Waals surface area contributed by atoms with Crippen LogP contribution in [0.4, 0.5) is 11.4 Å². The monoisotopic (exact) mass is 600 g/mol. The van der Waals surface area contributed by atoms with Crippen molar-refractivity contribution < 1.29 is 9.85 Å². The number of nitrogens with one attached hydrogen (secondary N) is 2. The second-order valence-corrected chi connectivity index (χ2v) is 10.2. The first-order valence-electron chi connectivity index (χ1n) is 14.0. The van der Waals surface area contributed by atoms with Crippen LogP contribution in [0.2, 0.25) is 0 Å². The van der Waals surface area contributed by atoms with E-state index in [2.05, 4.69) is 33.6 Å². The lowest BCUT2D eigenvalue weighted by molar-refractivity contribution is -0.385. The van der Waals surface area contributed by atoms with Crippen molar-refractivity contribution in [2.45, 2.75) is 0 Å². The first kappa shape index (κ1) is 27.8. The molecule has 0 amide bonds. The highest BCUT2D eigenvalue weighted by atomic mass is 16.6. The van der Waals surface area contributed by atoms with Gasteiger partial charge in [0.15, 0.2) is 0 Å². The van der Waals surface area contributed by atoms with Gasteiger partial charge in [-0.3, -0.25) is 20.2 Å². The highest BCUT2D eigenvalue weighted by molar-refractivity contribution is 6.06. The third-order valence-corrected chi connectivity index (χ3v) is 7.30. The zero-order chi connectivity index (χ0) is 31.6. The van der Waals surface area contributed by atoms with Gasteiger partial charge in [-0.15, -0.1) is 0 Å². The molecule has 46 heavy (non-hydrogen) atoms. The number of rotatable bonds is 4. The zero-order valence-electron chi connectivity index (χ0n) is 23.8. The predicted molar refractivity (Wildman–Crippen MR) is 175 cm³/mol. The van der Waals surface area contributed by atoms with Gasteiger partial charge in [-0.2, -0.15) is 0 Å². The molecule has 218 valence electrons. The van der Waals surface area contributed by atoms with Gasteiger partial charge in [0.25, 0.3) is 11.4 Å². The number of aromatic nitrogens is 4. The van der Waals surface area contributed by atoms with Crippen LogP contribution in [0, 0.1) is 43.9 Å². The number of hydrogen-bond donors (Lipinski definition) is 2. The Balaban J connectivity index is 1.49. The molecule has 0 aliphatic rings. The van der Waals surface area contributed by atoms with Crippen molar-refractivity contribution in [3.8, 4) is 46.5 Å². The lowest BCUT2D eigenvalue weighted by Gasteiger charge is -2.01. The zero-order valence-corrected chi connectivity index (χ0v) is 23.8. The number of hydrogen-bond acceptors (Lipinski definition) is 6. The molecule has 0 radical (unpaired) electrons. The fourth-order valence-corrected chi connectivity index (χ4v) is 5.02. The number of nitrogens with zero attached hydrogens (tertiary/aromatic N) is 4. The average Bonchev–Trinajstić information content (AvgIpc) is 3.73. The van der Waals surface area contributed by atoms with Gasteiger partial charge in [-0.25, -0.2) is 9.97 Å². The number of H-pyrrole nitrogens is 2. The molecule has 2 heterocycles. The third-order valence-electron chi connectivity index (χ3n) is 7.30. The summed E-state index contributed by atoms with van der Waals surface area (Å²) in [7, 11) is 0. The molecule has 5 aromatic carbocycles. The van der Waals surface area contributed by atoms with E-state index in [9.17, 15) is 20.2 Å². The summed E-state index contributed by atoms with van der Waals surface area (Å²) in [6, 6.07) is 31.4.